The van der Waals surface area contributed by atoms with Crippen LogP contribution >= 0.6 is 0 Å². The first-order chi connectivity index (χ1) is 8.81. The van der Waals surface area contributed by atoms with E-state index < -0.39 is 0 Å². The standard InChI is InChI=1S/C16H22N2/c17-16-6-5-13(11-16)12-18-9-7-14-3-1-2-4-15(14)8-10-18/h1-6,13,16H,7-12,17H2. The molecule has 3 rings (SSSR count). The van der Waals surface area contributed by atoms with Crippen molar-refractivity contribution in [3.63, 3.8) is 0 Å². The summed E-state index contributed by atoms with van der Waals surface area (Å²) < 4.78 is 0. The molecule has 1 aromatic carbocycles. The third kappa shape index (κ3) is 2.65. The van der Waals surface area contributed by atoms with Gasteiger partial charge >= 0.3 is 0 Å². The third-order valence-electron chi connectivity index (χ3n) is 4.21. The summed E-state index contributed by atoms with van der Waals surface area (Å²) in [4.78, 5) is 2.60. The average molecular weight is 242 g/mol. The van der Waals surface area contributed by atoms with Crippen molar-refractivity contribution in [2.24, 2.45) is 11.7 Å². The Kier molecular flexibility index (Phi) is 3.48. The van der Waals surface area contributed by atoms with Gasteiger partial charge in [-0.15, -0.1) is 0 Å². The zero-order valence-electron chi connectivity index (χ0n) is 10.9. The van der Waals surface area contributed by atoms with Crippen LogP contribution in [-0.2, 0) is 12.8 Å². The molecule has 0 radical (unpaired) electrons. The van der Waals surface area contributed by atoms with Crippen LogP contribution in [0.3, 0.4) is 0 Å². The number of nitrogens with two attached hydrogens (primary N) is 1. The van der Waals surface area contributed by atoms with Crippen LogP contribution in [0.1, 0.15) is 17.5 Å². The number of fused-ring (bicyclic) bond motifs is 1. The van der Waals surface area contributed by atoms with Crippen molar-refractivity contribution in [3.8, 4) is 0 Å². The molecule has 2 atom stereocenters. The first-order valence-electron chi connectivity index (χ1n) is 7.04. The van der Waals surface area contributed by atoms with Gasteiger partial charge in [-0.2, -0.15) is 0 Å². The van der Waals surface area contributed by atoms with E-state index in [4.69, 9.17) is 5.73 Å². The maximum absolute atomic E-state index is 5.92. The summed E-state index contributed by atoms with van der Waals surface area (Å²) in [5.41, 5.74) is 9.01. The fourth-order valence-electron chi connectivity index (χ4n) is 3.17. The minimum atomic E-state index is 0.291. The van der Waals surface area contributed by atoms with Crippen LogP contribution in [0, 0.1) is 5.92 Å². The van der Waals surface area contributed by atoms with Gasteiger partial charge in [-0.1, -0.05) is 36.4 Å². The van der Waals surface area contributed by atoms with Crippen LogP contribution in [-0.4, -0.2) is 30.6 Å². The lowest BCUT2D eigenvalue weighted by molar-refractivity contribution is 0.256. The summed E-state index contributed by atoms with van der Waals surface area (Å²) in [6, 6.07) is 9.17. The van der Waals surface area contributed by atoms with Gasteiger partial charge in [0.1, 0.15) is 0 Å². The highest BCUT2D eigenvalue weighted by atomic mass is 15.1. The molecule has 1 heterocycles. The van der Waals surface area contributed by atoms with Gasteiger partial charge in [0.2, 0.25) is 0 Å². The first kappa shape index (κ1) is 11.9. The molecule has 2 nitrogen and oxygen atoms in total. The molecule has 1 aromatic rings. The molecule has 0 spiro atoms. The first-order valence-corrected chi connectivity index (χ1v) is 7.04. The predicted molar refractivity (Wildman–Crippen MR) is 75.5 cm³/mol. The molecule has 1 aliphatic carbocycles. The molecule has 0 amide bonds. The largest absolute Gasteiger partial charge is 0.324 e. The minimum absolute atomic E-state index is 0.291. The smallest absolute Gasteiger partial charge is 0.0229 e. The second kappa shape index (κ2) is 5.25. The second-order valence-corrected chi connectivity index (χ2v) is 5.61. The Hall–Kier alpha value is -1.12. The molecule has 2 unspecified atom stereocenters. The average Bonchev–Trinajstić information content (AvgIpc) is 2.68. The molecule has 2 heteroatoms. The van der Waals surface area contributed by atoms with E-state index >= 15 is 0 Å². The summed E-state index contributed by atoms with van der Waals surface area (Å²) in [6.45, 7) is 3.56. The van der Waals surface area contributed by atoms with Gasteiger partial charge < -0.3 is 10.6 Å². The SMILES string of the molecule is NC1C=CC(CN2CCc3ccccc3CC2)C1. The Labute approximate surface area is 109 Å². The summed E-state index contributed by atoms with van der Waals surface area (Å²) in [6.07, 6.45) is 7.99. The van der Waals surface area contributed by atoms with Crippen molar-refractivity contribution in [2.75, 3.05) is 19.6 Å². The van der Waals surface area contributed by atoms with Crippen molar-refractivity contribution >= 4 is 0 Å². The van der Waals surface area contributed by atoms with Crippen LogP contribution in [0.15, 0.2) is 36.4 Å². The highest BCUT2D eigenvalue weighted by molar-refractivity contribution is 5.28. The van der Waals surface area contributed by atoms with E-state index in [2.05, 4.69) is 41.3 Å². The molecule has 0 bridgehead atoms. The number of hydrogen-bond acceptors (Lipinski definition) is 2. The monoisotopic (exact) mass is 242 g/mol. The number of nitrogens with zero attached hydrogens (tertiary/aromatic N) is 1. The number of hydrogen-bond donors (Lipinski definition) is 1. The van der Waals surface area contributed by atoms with Crippen molar-refractivity contribution in [1.29, 1.82) is 0 Å². The van der Waals surface area contributed by atoms with E-state index in [0.29, 0.717) is 12.0 Å². The van der Waals surface area contributed by atoms with Crippen molar-refractivity contribution in [2.45, 2.75) is 25.3 Å². The van der Waals surface area contributed by atoms with E-state index in [1.807, 2.05) is 0 Å². The molecule has 0 saturated carbocycles. The molecular formula is C16H22N2. The lowest BCUT2D eigenvalue weighted by Crippen LogP contribution is -2.31. The fraction of sp³-hybridized carbons (Fsp3) is 0.500. The van der Waals surface area contributed by atoms with Crippen LogP contribution in [0.2, 0.25) is 0 Å². The number of benzene rings is 1. The maximum atomic E-state index is 5.92. The second-order valence-electron chi connectivity index (χ2n) is 5.61. The van der Waals surface area contributed by atoms with Crippen LogP contribution in [0.4, 0.5) is 0 Å². The van der Waals surface area contributed by atoms with Gasteiger partial charge in [-0.25, -0.2) is 0 Å². The summed E-state index contributed by atoms with van der Waals surface area (Å²) in [5.74, 6) is 0.668. The quantitative estimate of drug-likeness (QED) is 0.804. The van der Waals surface area contributed by atoms with Crippen LogP contribution in [0.5, 0.6) is 0 Å². The van der Waals surface area contributed by atoms with Gasteiger partial charge in [0.05, 0.1) is 0 Å². The molecule has 0 aromatic heterocycles. The van der Waals surface area contributed by atoms with E-state index in [0.717, 1.165) is 6.42 Å². The normalized spacial score (nSPS) is 28.1. The molecule has 18 heavy (non-hydrogen) atoms. The van der Waals surface area contributed by atoms with E-state index in [1.54, 1.807) is 11.1 Å². The fourth-order valence-corrected chi connectivity index (χ4v) is 3.17. The molecule has 0 saturated heterocycles. The van der Waals surface area contributed by atoms with Gasteiger partial charge in [-0.3, -0.25) is 0 Å². The Bertz CT molecular complexity index is 411. The van der Waals surface area contributed by atoms with Crippen molar-refractivity contribution in [3.05, 3.63) is 47.5 Å². The van der Waals surface area contributed by atoms with Crippen molar-refractivity contribution in [1.82, 2.24) is 4.90 Å². The molecule has 2 N–H and O–H groups in total. The third-order valence-corrected chi connectivity index (χ3v) is 4.21. The van der Waals surface area contributed by atoms with Crippen LogP contribution in [0.25, 0.3) is 0 Å². The summed E-state index contributed by atoms with van der Waals surface area (Å²) in [5, 5.41) is 0. The Morgan fingerprint density at radius 2 is 1.72 bits per heavy atom. The zero-order chi connectivity index (χ0) is 12.4. The van der Waals surface area contributed by atoms with Gasteiger partial charge in [0, 0.05) is 25.7 Å². The zero-order valence-corrected chi connectivity index (χ0v) is 10.9. The van der Waals surface area contributed by atoms with Crippen molar-refractivity contribution < 1.29 is 0 Å². The Balaban J connectivity index is 1.60. The topological polar surface area (TPSA) is 29.3 Å². The minimum Gasteiger partial charge on any atom is -0.324 e. The maximum Gasteiger partial charge on any atom is 0.0229 e. The predicted octanol–water partition coefficient (Wildman–Crippen LogP) is 1.99. The lowest BCUT2D eigenvalue weighted by atomic mass is 10.0. The molecule has 96 valence electrons. The van der Waals surface area contributed by atoms with E-state index in [1.165, 1.54) is 32.5 Å². The highest BCUT2D eigenvalue weighted by Crippen LogP contribution is 2.20. The molecule has 0 fully saturated rings. The summed E-state index contributed by atoms with van der Waals surface area (Å²) >= 11 is 0. The van der Waals surface area contributed by atoms with E-state index in [-0.39, 0.29) is 0 Å². The highest BCUT2D eigenvalue weighted by Gasteiger charge is 2.20. The number of rotatable bonds is 2. The van der Waals surface area contributed by atoms with Gasteiger partial charge in [-0.05, 0) is 36.3 Å². The Morgan fingerprint density at radius 3 is 2.28 bits per heavy atom. The van der Waals surface area contributed by atoms with Gasteiger partial charge in [0.25, 0.3) is 0 Å². The molecular weight excluding hydrogens is 220 g/mol. The lowest BCUT2D eigenvalue weighted by Gasteiger charge is -2.23. The molecule has 2 aliphatic rings. The summed E-state index contributed by atoms with van der Waals surface area (Å²) in [7, 11) is 0. The van der Waals surface area contributed by atoms with E-state index in [9.17, 15) is 0 Å². The van der Waals surface area contributed by atoms with Gasteiger partial charge in [0.15, 0.2) is 0 Å². The van der Waals surface area contributed by atoms with Crippen LogP contribution < -0.4 is 5.73 Å². The Morgan fingerprint density at radius 1 is 1.06 bits per heavy atom. The molecule has 1 aliphatic heterocycles.